The summed E-state index contributed by atoms with van der Waals surface area (Å²) in [6.07, 6.45) is -1.85. The fourth-order valence-corrected chi connectivity index (χ4v) is 1.46. The lowest BCUT2D eigenvalue weighted by Crippen LogP contribution is -2.36. The molecule has 1 aliphatic carbocycles. The maximum atomic E-state index is 11.7. The Balaban J connectivity index is 2.16. The zero-order valence-electron chi connectivity index (χ0n) is 6.69. The van der Waals surface area contributed by atoms with Gasteiger partial charge in [-0.1, -0.05) is 0 Å². The van der Waals surface area contributed by atoms with Gasteiger partial charge in [0.15, 0.2) is 0 Å². The largest absolute Gasteiger partial charge is 0.401 e. The molecule has 1 rings (SSSR count). The van der Waals surface area contributed by atoms with Crippen LogP contribution in [0.25, 0.3) is 0 Å². The van der Waals surface area contributed by atoms with Crippen LogP contribution in [0.2, 0.25) is 0 Å². The number of nitrogens with two attached hydrogens (primary N) is 1. The van der Waals surface area contributed by atoms with E-state index in [1.165, 1.54) is 0 Å². The van der Waals surface area contributed by atoms with Crippen molar-refractivity contribution in [3.05, 3.63) is 0 Å². The van der Waals surface area contributed by atoms with Gasteiger partial charge < -0.3 is 11.1 Å². The summed E-state index contributed by atoms with van der Waals surface area (Å²) in [5, 5.41) is 2.45. The lowest BCUT2D eigenvalue weighted by molar-refractivity contribution is -0.126. The maximum absolute atomic E-state index is 11.7. The van der Waals surface area contributed by atoms with E-state index in [4.69, 9.17) is 5.73 Å². The highest BCUT2D eigenvalue weighted by atomic mass is 19.4. The van der Waals surface area contributed by atoms with Crippen LogP contribution in [0.1, 0.15) is 19.3 Å². The Bertz CT molecular complexity index is 146. The molecule has 2 nitrogen and oxygen atoms in total. The van der Waals surface area contributed by atoms with Crippen LogP contribution in [0.15, 0.2) is 0 Å². The summed E-state index contributed by atoms with van der Waals surface area (Å²) in [6, 6.07) is 0.0392. The zero-order chi connectivity index (χ0) is 9.19. The predicted octanol–water partition coefficient (Wildman–Crippen LogP) is 1.02. The molecule has 72 valence electrons. The Morgan fingerprint density at radius 1 is 1.33 bits per heavy atom. The van der Waals surface area contributed by atoms with Gasteiger partial charge in [-0.2, -0.15) is 13.2 Å². The first-order valence-electron chi connectivity index (χ1n) is 4.03. The van der Waals surface area contributed by atoms with Crippen LogP contribution in [0, 0.1) is 0 Å². The van der Waals surface area contributed by atoms with E-state index in [-0.39, 0.29) is 12.1 Å². The van der Waals surface area contributed by atoms with Crippen molar-refractivity contribution in [1.29, 1.82) is 0 Å². The molecular formula is C7H13F3N2. The van der Waals surface area contributed by atoms with E-state index < -0.39 is 12.7 Å². The average Bonchev–Trinajstić information content (AvgIpc) is 2.30. The molecule has 0 radical (unpaired) electrons. The molecular weight excluding hydrogens is 169 g/mol. The standard InChI is InChI=1S/C7H13F3N2/c8-7(9,10)4-12-6-2-1-5(11)3-6/h5-6,12H,1-4,11H2/t5-,6?/m1/s1. The Hall–Kier alpha value is -0.290. The molecule has 0 aromatic heterocycles. The highest BCUT2D eigenvalue weighted by molar-refractivity contribution is 4.83. The minimum atomic E-state index is -4.10. The van der Waals surface area contributed by atoms with Gasteiger partial charge in [-0.05, 0) is 19.3 Å². The van der Waals surface area contributed by atoms with Crippen molar-refractivity contribution in [3.63, 3.8) is 0 Å². The summed E-state index contributed by atoms with van der Waals surface area (Å²) in [4.78, 5) is 0. The maximum Gasteiger partial charge on any atom is 0.401 e. The van der Waals surface area contributed by atoms with Crippen LogP contribution >= 0.6 is 0 Å². The van der Waals surface area contributed by atoms with E-state index in [0.29, 0.717) is 6.42 Å². The molecule has 2 atom stereocenters. The van der Waals surface area contributed by atoms with Crippen molar-refractivity contribution in [3.8, 4) is 0 Å². The number of alkyl halides is 3. The number of nitrogens with one attached hydrogen (secondary N) is 1. The van der Waals surface area contributed by atoms with Gasteiger partial charge in [-0.15, -0.1) is 0 Å². The average molecular weight is 182 g/mol. The lowest BCUT2D eigenvalue weighted by Gasteiger charge is -2.13. The normalized spacial score (nSPS) is 31.0. The van der Waals surface area contributed by atoms with E-state index in [0.717, 1.165) is 12.8 Å². The summed E-state index contributed by atoms with van der Waals surface area (Å²) < 4.78 is 35.1. The third-order valence-electron chi connectivity index (χ3n) is 2.06. The van der Waals surface area contributed by atoms with Gasteiger partial charge >= 0.3 is 6.18 Å². The van der Waals surface area contributed by atoms with Crippen LogP contribution in [0.5, 0.6) is 0 Å². The second-order valence-electron chi connectivity index (χ2n) is 3.27. The van der Waals surface area contributed by atoms with Crippen LogP contribution < -0.4 is 11.1 Å². The summed E-state index contributed by atoms with van der Waals surface area (Å²) >= 11 is 0. The van der Waals surface area contributed by atoms with E-state index >= 15 is 0 Å². The van der Waals surface area contributed by atoms with E-state index in [1.807, 2.05) is 0 Å². The Morgan fingerprint density at radius 2 is 2.00 bits per heavy atom. The first kappa shape index (κ1) is 9.80. The van der Waals surface area contributed by atoms with Crippen molar-refractivity contribution in [2.45, 2.75) is 37.5 Å². The third-order valence-corrected chi connectivity index (χ3v) is 2.06. The quantitative estimate of drug-likeness (QED) is 0.669. The Labute approximate surface area is 69.3 Å². The number of hydrogen-bond donors (Lipinski definition) is 2. The van der Waals surface area contributed by atoms with Gasteiger partial charge in [0.1, 0.15) is 0 Å². The molecule has 0 amide bonds. The zero-order valence-corrected chi connectivity index (χ0v) is 6.69. The van der Waals surface area contributed by atoms with Crippen LogP contribution in [-0.2, 0) is 0 Å². The van der Waals surface area contributed by atoms with Gasteiger partial charge in [-0.3, -0.25) is 0 Å². The Kier molecular flexibility index (Phi) is 2.95. The summed E-state index contributed by atoms with van der Waals surface area (Å²) in [7, 11) is 0. The molecule has 3 N–H and O–H groups in total. The summed E-state index contributed by atoms with van der Waals surface area (Å²) in [5.74, 6) is 0. The summed E-state index contributed by atoms with van der Waals surface area (Å²) in [6.45, 7) is -0.898. The van der Waals surface area contributed by atoms with Crippen molar-refractivity contribution in [2.24, 2.45) is 5.73 Å². The minimum absolute atomic E-state index is 0.0402. The fraction of sp³-hybridized carbons (Fsp3) is 1.00. The van der Waals surface area contributed by atoms with Crippen molar-refractivity contribution < 1.29 is 13.2 Å². The molecule has 1 unspecified atom stereocenters. The molecule has 12 heavy (non-hydrogen) atoms. The molecule has 0 aromatic carbocycles. The van der Waals surface area contributed by atoms with Crippen LogP contribution in [0.4, 0.5) is 13.2 Å². The fourth-order valence-electron chi connectivity index (χ4n) is 1.46. The van der Waals surface area contributed by atoms with Crippen molar-refractivity contribution in [2.75, 3.05) is 6.54 Å². The third kappa shape index (κ3) is 3.40. The monoisotopic (exact) mass is 182 g/mol. The number of hydrogen-bond acceptors (Lipinski definition) is 2. The van der Waals surface area contributed by atoms with Crippen molar-refractivity contribution in [1.82, 2.24) is 5.32 Å². The van der Waals surface area contributed by atoms with Gasteiger partial charge in [-0.25, -0.2) is 0 Å². The molecule has 1 aliphatic rings. The second-order valence-corrected chi connectivity index (χ2v) is 3.27. The minimum Gasteiger partial charge on any atom is -0.328 e. The molecule has 5 heteroatoms. The van der Waals surface area contributed by atoms with Gasteiger partial charge in [0.05, 0.1) is 6.54 Å². The van der Waals surface area contributed by atoms with E-state index in [2.05, 4.69) is 5.32 Å². The van der Waals surface area contributed by atoms with E-state index in [1.54, 1.807) is 0 Å². The first-order chi connectivity index (χ1) is 5.47. The van der Waals surface area contributed by atoms with Crippen LogP contribution in [0.3, 0.4) is 0 Å². The van der Waals surface area contributed by atoms with E-state index in [9.17, 15) is 13.2 Å². The molecule has 1 saturated carbocycles. The molecule has 0 aromatic rings. The Morgan fingerprint density at radius 3 is 2.42 bits per heavy atom. The highest BCUT2D eigenvalue weighted by Crippen LogP contribution is 2.19. The molecule has 0 bridgehead atoms. The van der Waals surface area contributed by atoms with Gasteiger partial charge in [0, 0.05) is 12.1 Å². The SMILES string of the molecule is N[C@@H]1CCC(NCC(F)(F)F)C1. The highest BCUT2D eigenvalue weighted by Gasteiger charge is 2.30. The number of rotatable bonds is 2. The smallest absolute Gasteiger partial charge is 0.328 e. The molecule has 0 spiro atoms. The topological polar surface area (TPSA) is 38.0 Å². The molecule has 0 aliphatic heterocycles. The van der Waals surface area contributed by atoms with Crippen molar-refractivity contribution >= 4 is 0 Å². The summed E-state index contributed by atoms with van der Waals surface area (Å²) in [5.41, 5.74) is 5.54. The first-order valence-corrected chi connectivity index (χ1v) is 4.03. The predicted molar refractivity (Wildman–Crippen MR) is 39.7 cm³/mol. The van der Waals surface area contributed by atoms with Gasteiger partial charge in [0.2, 0.25) is 0 Å². The molecule has 1 fully saturated rings. The molecule has 0 heterocycles. The number of halogens is 3. The second kappa shape index (κ2) is 3.62. The van der Waals surface area contributed by atoms with Crippen LogP contribution in [-0.4, -0.2) is 24.8 Å². The molecule has 0 saturated heterocycles. The van der Waals surface area contributed by atoms with Gasteiger partial charge in [0.25, 0.3) is 0 Å². The lowest BCUT2D eigenvalue weighted by atomic mass is 10.2.